The quantitative estimate of drug-likeness (QED) is 0.655. The van der Waals surface area contributed by atoms with E-state index in [4.69, 9.17) is 0 Å². The van der Waals surface area contributed by atoms with Gasteiger partial charge in [-0.25, -0.2) is 13.4 Å². The molecule has 0 aromatic carbocycles. The summed E-state index contributed by atoms with van der Waals surface area (Å²) in [5, 5.41) is 0.694. The molecule has 0 radical (unpaired) electrons. The fourth-order valence-electron chi connectivity index (χ4n) is 4.81. The van der Waals surface area contributed by atoms with E-state index in [2.05, 4.69) is 4.98 Å². The monoisotopic (exact) mass is 478 g/mol. The Hall–Kier alpha value is -1.71. The van der Waals surface area contributed by atoms with Crippen LogP contribution in [0.3, 0.4) is 0 Å². The summed E-state index contributed by atoms with van der Waals surface area (Å²) in [5.74, 6) is 0.0501. The normalized spacial score (nSPS) is 21.0. The van der Waals surface area contributed by atoms with Crippen LogP contribution >= 0.6 is 11.3 Å². The standard InChI is InChI=1S/C23H34N4O3S2/c1-16-11-7-10-14-27(16)32(29,30)20-15-19(25(4)18(20)3)22-24-17(2)21(31-22)23(28)26-12-8-5-6-9-13-26/h15-16H,5-14H2,1-4H3. The molecular formula is C23H34N4O3S2. The minimum absolute atomic E-state index is 0.0109. The van der Waals surface area contributed by atoms with Gasteiger partial charge in [-0.15, -0.1) is 11.3 Å². The molecule has 0 saturated carbocycles. The summed E-state index contributed by atoms with van der Waals surface area (Å²) >= 11 is 1.37. The van der Waals surface area contributed by atoms with Gasteiger partial charge in [0.15, 0.2) is 0 Å². The van der Waals surface area contributed by atoms with Crippen LogP contribution in [0.25, 0.3) is 10.7 Å². The maximum atomic E-state index is 13.5. The number of piperidine rings is 1. The molecule has 0 bridgehead atoms. The largest absolute Gasteiger partial charge is 0.345 e. The van der Waals surface area contributed by atoms with Gasteiger partial charge in [-0.3, -0.25) is 4.79 Å². The van der Waals surface area contributed by atoms with Crippen molar-refractivity contribution < 1.29 is 13.2 Å². The summed E-state index contributed by atoms with van der Waals surface area (Å²) in [6.07, 6.45) is 7.30. The molecule has 1 unspecified atom stereocenters. The number of amides is 1. The average molecular weight is 479 g/mol. The van der Waals surface area contributed by atoms with Crippen molar-refractivity contribution in [1.82, 2.24) is 18.8 Å². The maximum Gasteiger partial charge on any atom is 0.265 e. The number of thiazole rings is 1. The lowest BCUT2D eigenvalue weighted by Gasteiger charge is -2.32. The third-order valence-electron chi connectivity index (χ3n) is 6.92. The smallest absolute Gasteiger partial charge is 0.265 e. The Bertz CT molecular complexity index is 1090. The van der Waals surface area contributed by atoms with Crippen LogP contribution in [0.2, 0.25) is 0 Å². The molecule has 4 heterocycles. The molecule has 9 heteroatoms. The van der Waals surface area contributed by atoms with Crippen LogP contribution < -0.4 is 0 Å². The Labute approximate surface area is 195 Å². The highest BCUT2D eigenvalue weighted by Crippen LogP contribution is 2.35. The molecule has 1 amide bonds. The lowest BCUT2D eigenvalue weighted by Crippen LogP contribution is -2.42. The molecule has 2 aromatic rings. The topological polar surface area (TPSA) is 75.5 Å². The fourth-order valence-corrected chi connectivity index (χ4v) is 7.87. The second kappa shape index (κ2) is 9.27. The highest BCUT2D eigenvalue weighted by atomic mass is 32.2. The zero-order valence-electron chi connectivity index (χ0n) is 19.6. The lowest BCUT2D eigenvalue weighted by atomic mass is 10.1. The van der Waals surface area contributed by atoms with Gasteiger partial charge in [0.1, 0.15) is 14.8 Å². The first-order valence-corrected chi connectivity index (χ1v) is 13.9. The van der Waals surface area contributed by atoms with Crippen LogP contribution in [0.1, 0.15) is 72.9 Å². The number of nitrogens with zero attached hydrogens (tertiary/aromatic N) is 4. The predicted octanol–water partition coefficient (Wildman–Crippen LogP) is 4.34. The van der Waals surface area contributed by atoms with Crippen molar-refractivity contribution in [1.29, 1.82) is 0 Å². The van der Waals surface area contributed by atoms with Crippen LogP contribution in [0.5, 0.6) is 0 Å². The van der Waals surface area contributed by atoms with E-state index in [1.807, 2.05) is 37.3 Å². The van der Waals surface area contributed by atoms with Gasteiger partial charge in [0.2, 0.25) is 10.0 Å². The molecule has 1 atom stereocenters. The van der Waals surface area contributed by atoms with Crippen molar-refractivity contribution in [2.45, 2.75) is 76.7 Å². The summed E-state index contributed by atoms with van der Waals surface area (Å²) in [6.45, 7) is 7.86. The maximum absolute atomic E-state index is 13.5. The van der Waals surface area contributed by atoms with E-state index < -0.39 is 10.0 Å². The number of likely N-dealkylation sites (tertiary alicyclic amines) is 1. The molecule has 2 aliphatic rings. The second-order valence-corrected chi connectivity index (χ2v) is 12.0. The van der Waals surface area contributed by atoms with Crippen molar-refractivity contribution in [3.63, 3.8) is 0 Å². The number of aryl methyl sites for hydroxylation is 1. The minimum Gasteiger partial charge on any atom is -0.345 e. The van der Waals surface area contributed by atoms with Gasteiger partial charge in [0.05, 0.1) is 11.4 Å². The minimum atomic E-state index is -3.58. The van der Waals surface area contributed by atoms with Gasteiger partial charge in [-0.1, -0.05) is 19.3 Å². The first-order chi connectivity index (χ1) is 15.2. The van der Waals surface area contributed by atoms with E-state index in [0.717, 1.165) is 50.9 Å². The van der Waals surface area contributed by atoms with Gasteiger partial charge >= 0.3 is 0 Å². The first kappa shape index (κ1) is 23.4. The van der Waals surface area contributed by atoms with Crippen molar-refractivity contribution >= 4 is 27.3 Å². The van der Waals surface area contributed by atoms with E-state index >= 15 is 0 Å². The number of aromatic nitrogens is 2. The molecule has 0 N–H and O–H groups in total. The Morgan fingerprint density at radius 3 is 2.38 bits per heavy atom. The summed E-state index contributed by atoms with van der Waals surface area (Å²) in [6, 6.07) is 1.75. The summed E-state index contributed by atoms with van der Waals surface area (Å²) in [7, 11) is -1.71. The highest BCUT2D eigenvalue weighted by molar-refractivity contribution is 7.89. The summed E-state index contributed by atoms with van der Waals surface area (Å²) < 4.78 is 30.5. The van der Waals surface area contributed by atoms with Crippen LogP contribution in [0.4, 0.5) is 0 Å². The third kappa shape index (κ3) is 4.26. The molecule has 0 aliphatic carbocycles. The Morgan fingerprint density at radius 1 is 1.06 bits per heavy atom. The van der Waals surface area contributed by atoms with Crippen molar-refractivity contribution in [2.75, 3.05) is 19.6 Å². The summed E-state index contributed by atoms with van der Waals surface area (Å²) in [5.41, 5.74) is 2.16. The number of carbonyl (C=O) groups is 1. The van der Waals surface area contributed by atoms with E-state index in [9.17, 15) is 13.2 Å². The molecule has 0 spiro atoms. The second-order valence-electron chi connectivity index (χ2n) is 9.14. The molecule has 2 aromatic heterocycles. The number of rotatable bonds is 4. The molecule has 2 fully saturated rings. The Morgan fingerprint density at radius 2 is 1.72 bits per heavy atom. The van der Waals surface area contributed by atoms with E-state index in [0.29, 0.717) is 32.7 Å². The molecule has 4 rings (SSSR count). The molecule has 176 valence electrons. The zero-order valence-corrected chi connectivity index (χ0v) is 21.2. The molecule has 2 saturated heterocycles. The Balaban J connectivity index is 1.67. The molecule has 2 aliphatic heterocycles. The zero-order chi connectivity index (χ0) is 23.0. The highest BCUT2D eigenvalue weighted by Gasteiger charge is 2.34. The van der Waals surface area contributed by atoms with Gasteiger partial charge in [-0.05, 0) is 52.5 Å². The number of sulfonamides is 1. The van der Waals surface area contributed by atoms with Gasteiger partial charge in [-0.2, -0.15) is 4.31 Å². The molecular weight excluding hydrogens is 444 g/mol. The van der Waals surface area contributed by atoms with E-state index in [1.165, 1.54) is 24.2 Å². The predicted molar refractivity (Wildman–Crippen MR) is 128 cm³/mol. The molecule has 32 heavy (non-hydrogen) atoms. The third-order valence-corrected chi connectivity index (χ3v) is 10.2. The van der Waals surface area contributed by atoms with Crippen molar-refractivity contribution in [3.8, 4) is 10.7 Å². The van der Waals surface area contributed by atoms with E-state index in [1.54, 1.807) is 10.4 Å². The summed E-state index contributed by atoms with van der Waals surface area (Å²) in [4.78, 5) is 20.8. The number of hydrogen-bond donors (Lipinski definition) is 0. The van der Waals surface area contributed by atoms with Crippen molar-refractivity contribution in [2.24, 2.45) is 7.05 Å². The Kier molecular flexibility index (Phi) is 6.79. The van der Waals surface area contributed by atoms with Crippen molar-refractivity contribution in [3.05, 3.63) is 22.3 Å². The first-order valence-electron chi connectivity index (χ1n) is 11.7. The van der Waals surface area contributed by atoms with Gasteiger partial charge in [0.25, 0.3) is 5.91 Å². The van der Waals surface area contributed by atoms with E-state index in [-0.39, 0.29) is 11.9 Å². The fraction of sp³-hybridized carbons (Fsp3) is 0.652. The van der Waals surface area contributed by atoms with Gasteiger partial charge < -0.3 is 9.47 Å². The number of carbonyl (C=O) groups excluding carboxylic acids is 1. The average Bonchev–Trinajstić information content (AvgIpc) is 3.14. The number of hydrogen-bond acceptors (Lipinski definition) is 5. The lowest BCUT2D eigenvalue weighted by molar-refractivity contribution is 0.0765. The molecule has 7 nitrogen and oxygen atoms in total. The van der Waals surface area contributed by atoms with Crippen LogP contribution in [0.15, 0.2) is 11.0 Å². The van der Waals surface area contributed by atoms with Gasteiger partial charge in [0, 0.05) is 38.4 Å². The van der Waals surface area contributed by atoms with Crippen LogP contribution in [-0.4, -0.2) is 58.8 Å². The van der Waals surface area contributed by atoms with Crippen LogP contribution in [0, 0.1) is 13.8 Å². The van der Waals surface area contributed by atoms with Crippen LogP contribution in [-0.2, 0) is 17.1 Å². The SMILES string of the molecule is Cc1nc(-c2cc(S(=O)(=O)N3CCCCC3C)c(C)n2C)sc1C(=O)N1CCCCCC1.